The Morgan fingerprint density at radius 3 is 3.00 bits per heavy atom. The van der Waals surface area contributed by atoms with E-state index in [9.17, 15) is 9.59 Å². The number of Topliss-reactive ketones (excluding diaryl/α,β-unsaturated/α-hetero) is 1. The predicted molar refractivity (Wildman–Crippen MR) is 55.5 cm³/mol. The molecule has 0 saturated heterocycles. The summed E-state index contributed by atoms with van der Waals surface area (Å²) in [5, 5.41) is 0.698. The SMILES string of the molecule is CC(=O)CC(C)Sc1nccc(=O)[nH]1. The first-order chi connectivity index (χ1) is 6.58. The van der Waals surface area contributed by atoms with Crippen molar-refractivity contribution in [2.75, 3.05) is 0 Å². The van der Waals surface area contributed by atoms with Crippen LogP contribution in [0, 0.1) is 0 Å². The molecule has 0 aliphatic rings. The van der Waals surface area contributed by atoms with E-state index in [1.807, 2.05) is 6.92 Å². The van der Waals surface area contributed by atoms with Crippen molar-refractivity contribution in [3.63, 3.8) is 0 Å². The fraction of sp³-hybridized carbons (Fsp3) is 0.444. The lowest BCUT2D eigenvalue weighted by Gasteiger charge is -2.06. The summed E-state index contributed by atoms with van der Waals surface area (Å²) in [6, 6.07) is 1.36. The first-order valence-electron chi connectivity index (χ1n) is 4.29. The normalized spacial score (nSPS) is 12.4. The van der Waals surface area contributed by atoms with Crippen LogP contribution in [0.2, 0.25) is 0 Å². The zero-order chi connectivity index (χ0) is 10.6. The second-order valence-corrected chi connectivity index (χ2v) is 4.50. The van der Waals surface area contributed by atoms with Gasteiger partial charge in [0, 0.05) is 23.9 Å². The number of thioether (sulfide) groups is 1. The van der Waals surface area contributed by atoms with Crippen LogP contribution in [0.15, 0.2) is 22.2 Å². The van der Waals surface area contributed by atoms with Gasteiger partial charge in [-0.25, -0.2) is 4.98 Å². The molecular weight excluding hydrogens is 200 g/mol. The molecule has 0 aliphatic heterocycles. The minimum atomic E-state index is -0.169. The van der Waals surface area contributed by atoms with Gasteiger partial charge in [0.15, 0.2) is 5.16 Å². The summed E-state index contributed by atoms with van der Waals surface area (Å²) in [5.74, 6) is 0.142. The van der Waals surface area contributed by atoms with E-state index < -0.39 is 0 Å². The molecule has 0 fully saturated rings. The first kappa shape index (κ1) is 11.0. The van der Waals surface area contributed by atoms with Crippen molar-refractivity contribution >= 4 is 17.5 Å². The van der Waals surface area contributed by atoms with Crippen molar-refractivity contribution in [3.05, 3.63) is 22.6 Å². The molecule has 1 unspecified atom stereocenters. The Balaban J connectivity index is 2.60. The number of ketones is 1. The summed E-state index contributed by atoms with van der Waals surface area (Å²) in [7, 11) is 0. The number of H-pyrrole nitrogens is 1. The Bertz CT molecular complexity index is 375. The van der Waals surface area contributed by atoms with Crippen LogP contribution in [0.4, 0.5) is 0 Å². The molecule has 0 amide bonds. The highest BCUT2D eigenvalue weighted by Gasteiger charge is 2.08. The third kappa shape index (κ3) is 3.74. The fourth-order valence-electron chi connectivity index (χ4n) is 1.05. The number of hydrogen-bond acceptors (Lipinski definition) is 4. The van der Waals surface area contributed by atoms with Crippen molar-refractivity contribution in [1.29, 1.82) is 0 Å². The second-order valence-electron chi connectivity index (χ2n) is 3.07. The molecule has 1 aromatic rings. The van der Waals surface area contributed by atoms with E-state index in [1.54, 1.807) is 6.92 Å². The molecule has 4 nitrogen and oxygen atoms in total. The molecule has 1 atom stereocenters. The maximum atomic E-state index is 10.9. The number of nitrogens with one attached hydrogen (secondary N) is 1. The van der Waals surface area contributed by atoms with Gasteiger partial charge in [-0.15, -0.1) is 0 Å². The van der Waals surface area contributed by atoms with E-state index in [2.05, 4.69) is 9.97 Å². The van der Waals surface area contributed by atoms with Crippen LogP contribution in [-0.4, -0.2) is 21.0 Å². The van der Waals surface area contributed by atoms with Crippen molar-refractivity contribution in [1.82, 2.24) is 9.97 Å². The molecule has 0 saturated carbocycles. The minimum absolute atomic E-state index is 0.137. The Kier molecular flexibility index (Phi) is 3.88. The topological polar surface area (TPSA) is 62.8 Å². The molecule has 0 spiro atoms. The van der Waals surface area contributed by atoms with Gasteiger partial charge < -0.3 is 4.98 Å². The molecule has 76 valence electrons. The standard InChI is InChI=1S/C9H12N2O2S/c1-6(12)5-7(2)14-9-10-4-3-8(13)11-9/h3-4,7H,5H2,1-2H3,(H,10,11,13). The first-order valence-corrected chi connectivity index (χ1v) is 5.17. The quantitative estimate of drug-likeness (QED) is 0.602. The van der Waals surface area contributed by atoms with Crippen LogP contribution in [-0.2, 0) is 4.79 Å². The van der Waals surface area contributed by atoms with Crippen LogP contribution < -0.4 is 5.56 Å². The van der Waals surface area contributed by atoms with E-state index in [0.29, 0.717) is 11.6 Å². The van der Waals surface area contributed by atoms with Gasteiger partial charge in [0.2, 0.25) is 0 Å². The highest BCUT2D eigenvalue weighted by atomic mass is 32.2. The van der Waals surface area contributed by atoms with Crippen molar-refractivity contribution < 1.29 is 4.79 Å². The van der Waals surface area contributed by atoms with Crippen LogP contribution in [0.1, 0.15) is 20.3 Å². The second kappa shape index (κ2) is 4.95. The monoisotopic (exact) mass is 212 g/mol. The summed E-state index contributed by atoms with van der Waals surface area (Å²) in [4.78, 5) is 28.3. The van der Waals surface area contributed by atoms with Crippen LogP contribution in [0.3, 0.4) is 0 Å². The molecule has 14 heavy (non-hydrogen) atoms. The summed E-state index contributed by atoms with van der Waals surface area (Å²) in [6.07, 6.45) is 1.95. The average molecular weight is 212 g/mol. The molecule has 1 N–H and O–H groups in total. The van der Waals surface area contributed by atoms with Gasteiger partial charge in [-0.2, -0.15) is 0 Å². The van der Waals surface area contributed by atoms with Gasteiger partial charge in [0.05, 0.1) is 0 Å². The van der Waals surface area contributed by atoms with E-state index in [0.717, 1.165) is 0 Å². The predicted octanol–water partition coefficient (Wildman–Crippen LogP) is 1.23. The Hall–Kier alpha value is -1.10. The highest BCUT2D eigenvalue weighted by Crippen LogP contribution is 2.20. The molecule has 0 radical (unpaired) electrons. The lowest BCUT2D eigenvalue weighted by Crippen LogP contribution is -2.09. The Morgan fingerprint density at radius 1 is 1.71 bits per heavy atom. The average Bonchev–Trinajstić information content (AvgIpc) is 2.01. The molecule has 0 aliphatic carbocycles. The lowest BCUT2D eigenvalue weighted by molar-refractivity contribution is -0.116. The van der Waals surface area contributed by atoms with Crippen LogP contribution >= 0.6 is 11.8 Å². The summed E-state index contributed by atoms with van der Waals surface area (Å²) < 4.78 is 0. The van der Waals surface area contributed by atoms with E-state index in [1.165, 1.54) is 24.0 Å². The summed E-state index contributed by atoms with van der Waals surface area (Å²) in [5.41, 5.74) is -0.169. The number of aromatic amines is 1. The number of aromatic nitrogens is 2. The largest absolute Gasteiger partial charge is 0.301 e. The maximum Gasteiger partial charge on any atom is 0.251 e. The van der Waals surface area contributed by atoms with Gasteiger partial charge in [0.25, 0.3) is 5.56 Å². The van der Waals surface area contributed by atoms with E-state index in [4.69, 9.17) is 0 Å². The molecule has 0 aromatic carbocycles. The molecular formula is C9H12N2O2S. The van der Waals surface area contributed by atoms with Crippen LogP contribution in [0.25, 0.3) is 0 Å². The fourth-order valence-corrected chi connectivity index (χ4v) is 2.03. The smallest absolute Gasteiger partial charge is 0.251 e. The van der Waals surface area contributed by atoms with E-state index >= 15 is 0 Å². The molecule has 5 heteroatoms. The maximum absolute atomic E-state index is 10.9. The number of carbonyl (C=O) groups excluding carboxylic acids is 1. The van der Waals surface area contributed by atoms with Crippen molar-refractivity contribution in [3.8, 4) is 0 Å². The van der Waals surface area contributed by atoms with Gasteiger partial charge in [-0.1, -0.05) is 18.7 Å². The summed E-state index contributed by atoms with van der Waals surface area (Å²) in [6.45, 7) is 3.48. The number of carbonyl (C=O) groups is 1. The Labute approximate surface area is 86.1 Å². The van der Waals surface area contributed by atoms with Gasteiger partial charge in [0.1, 0.15) is 5.78 Å². The number of rotatable bonds is 4. The van der Waals surface area contributed by atoms with Crippen LogP contribution in [0.5, 0.6) is 0 Å². The minimum Gasteiger partial charge on any atom is -0.301 e. The molecule has 1 rings (SSSR count). The third-order valence-electron chi connectivity index (χ3n) is 1.54. The zero-order valence-corrected chi connectivity index (χ0v) is 8.93. The number of nitrogens with zero attached hydrogens (tertiary/aromatic N) is 1. The summed E-state index contributed by atoms with van der Waals surface area (Å²) >= 11 is 1.40. The number of hydrogen-bond donors (Lipinski definition) is 1. The molecule has 1 heterocycles. The molecule has 1 aromatic heterocycles. The van der Waals surface area contributed by atoms with Crippen molar-refractivity contribution in [2.45, 2.75) is 30.7 Å². The van der Waals surface area contributed by atoms with Gasteiger partial charge in [-0.05, 0) is 6.92 Å². The Morgan fingerprint density at radius 2 is 2.43 bits per heavy atom. The van der Waals surface area contributed by atoms with Gasteiger partial charge in [-0.3, -0.25) is 9.59 Å². The van der Waals surface area contributed by atoms with Crippen molar-refractivity contribution in [2.24, 2.45) is 0 Å². The van der Waals surface area contributed by atoms with E-state index in [-0.39, 0.29) is 16.6 Å². The highest BCUT2D eigenvalue weighted by molar-refractivity contribution is 7.99. The zero-order valence-electron chi connectivity index (χ0n) is 8.11. The lowest BCUT2D eigenvalue weighted by atomic mass is 10.2. The molecule has 0 bridgehead atoms. The third-order valence-corrected chi connectivity index (χ3v) is 2.54. The van der Waals surface area contributed by atoms with Gasteiger partial charge >= 0.3 is 0 Å².